The van der Waals surface area contributed by atoms with Crippen LogP contribution in [0, 0.1) is 0 Å². The lowest BCUT2D eigenvalue weighted by molar-refractivity contribution is 0.0525. The normalized spacial score (nSPS) is 13.1. The van der Waals surface area contributed by atoms with Crippen LogP contribution in [0.1, 0.15) is 81.6 Å². The van der Waals surface area contributed by atoms with Crippen molar-refractivity contribution in [3.8, 4) is 28.3 Å². The minimum Gasteiger partial charge on any atom is -0.462 e. The molecule has 0 aliphatic heterocycles. The van der Waals surface area contributed by atoms with E-state index in [2.05, 4.69) is 193 Å². The molecule has 0 fully saturated rings. The lowest BCUT2D eigenvalue weighted by Crippen LogP contribution is -2.29. The highest BCUT2D eigenvalue weighted by molar-refractivity contribution is 6.10. The van der Waals surface area contributed by atoms with Gasteiger partial charge in [0, 0.05) is 32.9 Å². The Morgan fingerprint density at radius 3 is 1.30 bits per heavy atom. The maximum absolute atomic E-state index is 13.6. The zero-order valence-electron chi connectivity index (χ0n) is 38.6. The number of hydrogen-bond donors (Lipinski definition) is 0. The molecule has 0 saturated carbocycles. The van der Waals surface area contributed by atoms with E-state index in [9.17, 15) is 9.59 Å². The van der Waals surface area contributed by atoms with Gasteiger partial charge in [-0.05, 0) is 143 Å². The van der Waals surface area contributed by atoms with E-state index in [0.717, 1.165) is 62.1 Å². The summed E-state index contributed by atoms with van der Waals surface area (Å²) in [5.74, 6) is -0.137. The second kappa shape index (κ2) is 16.7. The predicted molar refractivity (Wildman–Crippen MR) is 278 cm³/mol. The van der Waals surface area contributed by atoms with Crippen LogP contribution in [-0.2, 0) is 10.2 Å². The van der Waals surface area contributed by atoms with Crippen molar-refractivity contribution in [2.75, 3.05) is 6.61 Å². The van der Waals surface area contributed by atoms with E-state index in [1.807, 2.05) is 12.1 Å². The fourth-order valence-corrected chi connectivity index (χ4v) is 11.0. The van der Waals surface area contributed by atoms with Crippen LogP contribution in [0.15, 0.2) is 206 Å². The number of carbonyl (C=O) groups is 2. The van der Waals surface area contributed by atoms with E-state index >= 15 is 0 Å². The summed E-state index contributed by atoms with van der Waals surface area (Å²) in [6.45, 7) is 6.56. The Bertz CT molecular complexity index is 3530. The van der Waals surface area contributed by atoms with Gasteiger partial charge in [0.05, 0.1) is 45.2 Å². The molecule has 1 atom stereocenters. The number of fused-ring (bicyclic) bond motifs is 9. The van der Waals surface area contributed by atoms with Gasteiger partial charge in [-0.25, -0.2) is 9.59 Å². The first-order valence-electron chi connectivity index (χ1n) is 23.8. The number of aromatic nitrogens is 2. The molecule has 334 valence electrons. The third-order valence-electron chi connectivity index (χ3n) is 14.4. The quantitative estimate of drug-likeness (QED) is 0.101. The lowest BCUT2D eigenvalue weighted by Gasteiger charge is -2.35. The van der Waals surface area contributed by atoms with Crippen molar-refractivity contribution >= 4 is 55.6 Å². The van der Waals surface area contributed by atoms with Crippen molar-refractivity contribution in [1.82, 2.24) is 9.13 Å². The monoisotopic (exact) mass is 896 g/mol. The first-order chi connectivity index (χ1) is 33.9. The molecule has 1 aliphatic rings. The van der Waals surface area contributed by atoms with Crippen LogP contribution in [0.2, 0.25) is 0 Å². The molecule has 1 unspecified atom stereocenters. The number of ether oxygens (including phenoxy) is 2. The summed E-state index contributed by atoms with van der Waals surface area (Å²) in [6.07, 6.45) is 1.04. The molecular formula is C63H48N2O4. The molecule has 0 N–H and O–H groups in total. The molecular weight excluding hydrogens is 849 g/mol. The van der Waals surface area contributed by atoms with Gasteiger partial charge in [0.1, 0.15) is 5.75 Å². The molecule has 2 heterocycles. The van der Waals surface area contributed by atoms with Gasteiger partial charge >= 0.3 is 11.9 Å². The van der Waals surface area contributed by atoms with Crippen molar-refractivity contribution in [3.05, 3.63) is 245 Å². The summed E-state index contributed by atoms with van der Waals surface area (Å²) in [4.78, 5) is 25.9. The van der Waals surface area contributed by atoms with Gasteiger partial charge < -0.3 is 18.6 Å². The molecule has 0 spiro atoms. The van der Waals surface area contributed by atoms with Gasteiger partial charge in [-0.15, -0.1) is 0 Å². The largest absolute Gasteiger partial charge is 0.462 e. The number of benzene rings is 9. The summed E-state index contributed by atoms with van der Waals surface area (Å²) < 4.78 is 16.0. The third kappa shape index (κ3) is 6.62. The number of hydrogen-bond acceptors (Lipinski definition) is 4. The average molecular weight is 897 g/mol. The van der Waals surface area contributed by atoms with Crippen LogP contribution in [0.25, 0.3) is 66.1 Å². The maximum atomic E-state index is 13.6. The van der Waals surface area contributed by atoms with Crippen LogP contribution < -0.4 is 4.74 Å². The van der Waals surface area contributed by atoms with E-state index in [0.29, 0.717) is 22.8 Å². The molecule has 0 bridgehead atoms. The van der Waals surface area contributed by atoms with Crippen LogP contribution in [0.5, 0.6) is 5.75 Å². The van der Waals surface area contributed by atoms with Gasteiger partial charge in [0.2, 0.25) is 0 Å². The summed E-state index contributed by atoms with van der Waals surface area (Å²) in [5, 5.41) is 4.83. The highest BCUT2D eigenvalue weighted by Gasteiger charge is 2.47. The van der Waals surface area contributed by atoms with Gasteiger partial charge in [0.25, 0.3) is 0 Å². The Morgan fingerprint density at radius 1 is 0.478 bits per heavy atom. The molecule has 0 saturated heterocycles. The topological polar surface area (TPSA) is 62.5 Å². The number of nitrogens with zero attached hydrogens (tertiary/aromatic N) is 2. The van der Waals surface area contributed by atoms with Crippen molar-refractivity contribution in [1.29, 1.82) is 0 Å². The molecule has 9 aromatic carbocycles. The van der Waals surface area contributed by atoms with Crippen LogP contribution in [-0.4, -0.2) is 27.7 Å². The van der Waals surface area contributed by atoms with Gasteiger partial charge in [0.15, 0.2) is 0 Å². The third-order valence-corrected chi connectivity index (χ3v) is 14.4. The second-order valence-electron chi connectivity index (χ2n) is 18.1. The lowest BCUT2D eigenvalue weighted by atomic mass is 9.67. The Labute approximate surface area is 400 Å². The van der Waals surface area contributed by atoms with Crippen LogP contribution in [0.3, 0.4) is 0 Å². The minimum atomic E-state index is -0.812. The summed E-state index contributed by atoms with van der Waals surface area (Å²) in [5.41, 5.74) is 14.8. The SMILES string of the molecule is CCOC(=O)c1ccc(C(=O)Oc2ccc(C3(c4ccc(C(C)CC)cc4)c4cc(-n5c6ccccc6c6ccccc65)ccc4-c4ccc(-n5c6ccccc6c6ccccc65)cc43)cc2)cc1. The van der Waals surface area contributed by atoms with Crippen LogP contribution in [0.4, 0.5) is 0 Å². The molecule has 1 aliphatic carbocycles. The first kappa shape index (κ1) is 41.9. The fraction of sp³-hybridized carbons (Fsp3) is 0.111. The second-order valence-corrected chi connectivity index (χ2v) is 18.1. The summed E-state index contributed by atoms with van der Waals surface area (Å²) in [7, 11) is 0. The number of para-hydroxylation sites is 4. The van der Waals surface area contributed by atoms with Crippen molar-refractivity contribution in [3.63, 3.8) is 0 Å². The highest BCUT2D eigenvalue weighted by Crippen LogP contribution is 2.57. The van der Waals surface area contributed by atoms with E-state index in [1.165, 1.54) is 38.2 Å². The Morgan fingerprint density at radius 2 is 0.884 bits per heavy atom. The van der Waals surface area contributed by atoms with Gasteiger partial charge in [-0.2, -0.15) is 0 Å². The number of esters is 2. The summed E-state index contributed by atoms with van der Waals surface area (Å²) in [6, 6.07) is 72.3. The fourth-order valence-electron chi connectivity index (χ4n) is 11.0. The highest BCUT2D eigenvalue weighted by atomic mass is 16.5. The van der Waals surface area contributed by atoms with E-state index in [4.69, 9.17) is 9.47 Å². The first-order valence-corrected chi connectivity index (χ1v) is 23.8. The Balaban J connectivity index is 1.09. The van der Waals surface area contributed by atoms with Crippen molar-refractivity contribution in [2.45, 2.75) is 38.5 Å². The zero-order valence-corrected chi connectivity index (χ0v) is 38.6. The number of rotatable bonds is 10. The molecule has 6 heteroatoms. The van der Waals surface area contributed by atoms with Crippen molar-refractivity contribution < 1.29 is 19.1 Å². The smallest absolute Gasteiger partial charge is 0.343 e. The predicted octanol–water partition coefficient (Wildman–Crippen LogP) is 15.2. The van der Waals surface area contributed by atoms with E-state index in [1.54, 1.807) is 31.2 Å². The molecule has 0 radical (unpaired) electrons. The van der Waals surface area contributed by atoms with Gasteiger partial charge in [-0.1, -0.05) is 135 Å². The summed E-state index contributed by atoms with van der Waals surface area (Å²) >= 11 is 0. The average Bonchev–Trinajstić information content (AvgIpc) is 4.02. The van der Waals surface area contributed by atoms with Crippen LogP contribution >= 0.6 is 0 Å². The van der Waals surface area contributed by atoms with Gasteiger partial charge in [-0.3, -0.25) is 0 Å². The van der Waals surface area contributed by atoms with Crippen molar-refractivity contribution in [2.24, 2.45) is 0 Å². The molecule has 6 nitrogen and oxygen atoms in total. The Hall–Kier alpha value is -8.48. The standard InChI is InChI=1S/C63H48N2O4/c1-4-40(3)41-26-28-44(29-27-41)63(45-30-34-48(35-31-45)69-62(67)43-24-22-42(23-25-43)61(66)68-5-2)55-38-46(64-57-18-10-6-14-51(57)52-15-7-11-19-58(52)64)32-36-49(55)50-37-33-47(39-56(50)63)65-59-20-12-8-16-53(59)54-17-9-13-21-60(54)65/h6-40H,4-5H2,1-3H3. The minimum absolute atomic E-state index is 0.270. The molecule has 0 amide bonds. The molecule has 11 aromatic rings. The zero-order chi connectivity index (χ0) is 46.8. The molecule has 2 aromatic heterocycles. The molecule has 69 heavy (non-hydrogen) atoms. The number of carbonyl (C=O) groups excluding carboxylic acids is 2. The Kier molecular flexibility index (Phi) is 10.1. The van der Waals surface area contributed by atoms with E-state index < -0.39 is 17.4 Å². The van der Waals surface area contributed by atoms with E-state index in [-0.39, 0.29) is 6.61 Å². The maximum Gasteiger partial charge on any atom is 0.343 e. The molecule has 12 rings (SSSR count).